The van der Waals surface area contributed by atoms with Crippen molar-refractivity contribution in [2.75, 3.05) is 0 Å². The number of carbonyl (C=O) groups excluding carboxylic acids is 2. The molecule has 3 saturated carbocycles. The monoisotopic (exact) mass is 388 g/mol. The zero-order valence-corrected chi connectivity index (χ0v) is 17.8. The van der Waals surface area contributed by atoms with Crippen LogP contribution in [0.4, 0.5) is 0 Å². The number of rotatable bonds is 3. The van der Waals surface area contributed by atoms with Crippen molar-refractivity contribution in [2.24, 2.45) is 0 Å². The van der Waals surface area contributed by atoms with Crippen LogP contribution in [0.2, 0.25) is 0 Å². The van der Waals surface area contributed by atoms with Gasteiger partial charge in [-0.2, -0.15) is 0 Å². The van der Waals surface area contributed by atoms with Gasteiger partial charge >= 0.3 is 165 Å². The number of carbonyl (C=O) groups is 2. The Morgan fingerprint density at radius 1 is 0.519 bits per heavy atom. The van der Waals surface area contributed by atoms with Crippen LogP contribution in [-0.2, 0) is 9.59 Å². The average Bonchev–Trinajstić information content (AvgIpc) is 3.42. The first kappa shape index (κ1) is 18.5. The Kier molecular flexibility index (Phi) is 4.66. The second-order valence-electron chi connectivity index (χ2n) is 10.4. The van der Waals surface area contributed by atoms with Gasteiger partial charge in [0.15, 0.2) is 0 Å². The molecule has 27 heavy (non-hydrogen) atoms. The zero-order valence-electron chi connectivity index (χ0n) is 16.9. The van der Waals surface area contributed by atoms with Crippen LogP contribution >= 0.6 is 6.60 Å². The molecule has 0 aromatic heterocycles. The SMILES string of the molecule is O=C1C=CC(=O)C2C1P2(C1CCCCC1)(C1CCCCC1)C1CCCCC1. The summed E-state index contributed by atoms with van der Waals surface area (Å²) in [6.07, 6.45) is 23.6. The van der Waals surface area contributed by atoms with Crippen molar-refractivity contribution in [3.8, 4) is 0 Å². The van der Waals surface area contributed by atoms with Crippen molar-refractivity contribution in [3.05, 3.63) is 12.2 Å². The Balaban J connectivity index is 1.70. The molecule has 0 N–H and O–H groups in total. The van der Waals surface area contributed by atoms with Crippen LogP contribution in [0, 0.1) is 0 Å². The molecule has 2 unspecified atom stereocenters. The van der Waals surface area contributed by atoms with Crippen molar-refractivity contribution in [3.63, 3.8) is 0 Å². The fourth-order valence-corrected chi connectivity index (χ4v) is 21.6. The third-order valence-electron chi connectivity index (χ3n) is 9.74. The average molecular weight is 389 g/mol. The molecule has 3 heteroatoms. The van der Waals surface area contributed by atoms with E-state index in [2.05, 4.69) is 0 Å². The van der Waals surface area contributed by atoms with Gasteiger partial charge in [0.25, 0.3) is 0 Å². The molecule has 150 valence electrons. The summed E-state index contributed by atoms with van der Waals surface area (Å²) in [6, 6.07) is 0. The van der Waals surface area contributed by atoms with E-state index >= 15 is 0 Å². The Hall–Kier alpha value is -0.490. The molecular formula is C24H37O2P. The number of fused-ring (bicyclic) bond motifs is 1. The summed E-state index contributed by atoms with van der Waals surface area (Å²) in [4.78, 5) is 26.6. The number of hydrogen-bond acceptors (Lipinski definition) is 2. The third-order valence-corrected chi connectivity index (χ3v) is 19.7. The van der Waals surface area contributed by atoms with E-state index < -0.39 is 6.60 Å². The number of allylic oxidation sites excluding steroid dienone is 2. The molecule has 1 aliphatic heterocycles. The maximum atomic E-state index is 13.3. The van der Waals surface area contributed by atoms with Gasteiger partial charge in [0.1, 0.15) is 0 Å². The third kappa shape index (κ3) is 2.29. The van der Waals surface area contributed by atoms with Gasteiger partial charge in [0.2, 0.25) is 0 Å². The molecule has 0 radical (unpaired) electrons. The minimum atomic E-state index is -2.40. The van der Waals surface area contributed by atoms with Gasteiger partial charge in [-0.15, -0.1) is 0 Å². The van der Waals surface area contributed by atoms with Gasteiger partial charge in [-0.05, 0) is 0 Å². The fraction of sp³-hybridized carbons (Fsp3) is 0.833. The van der Waals surface area contributed by atoms with E-state index in [9.17, 15) is 9.59 Å². The van der Waals surface area contributed by atoms with E-state index in [0.29, 0.717) is 11.6 Å². The molecule has 4 fully saturated rings. The van der Waals surface area contributed by atoms with Crippen LogP contribution < -0.4 is 0 Å². The van der Waals surface area contributed by atoms with Gasteiger partial charge in [-0.3, -0.25) is 0 Å². The van der Waals surface area contributed by atoms with E-state index in [1.807, 2.05) is 0 Å². The molecule has 4 aliphatic carbocycles. The van der Waals surface area contributed by atoms with Crippen LogP contribution in [0.5, 0.6) is 0 Å². The van der Waals surface area contributed by atoms with E-state index in [0.717, 1.165) is 17.0 Å². The first-order valence-corrected chi connectivity index (χ1v) is 14.6. The first-order chi connectivity index (χ1) is 13.2. The molecule has 1 heterocycles. The zero-order chi connectivity index (χ0) is 18.5. The maximum absolute atomic E-state index is 13.3. The van der Waals surface area contributed by atoms with Crippen molar-refractivity contribution < 1.29 is 9.59 Å². The Morgan fingerprint density at radius 2 is 0.815 bits per heavy atom. The summed E-state index contributed by atoms with van der Waals surface area (Å²) in [5.74, 6) is 0.748. The second-order valence-corrected chi connectivity index (χ2v) is 16.7. The van der Waals surface area contributed by atoms with Gasteiger partial charge in [0, 0.05) is 0 Å². The topological polar surface area (TPSA) is 34.1 Å². The fourth-order valence-electron chi connectivity index (χ4n) is 9.05. The predicted octanol–water partition coefficient (Wildman–Crippen LogP) is 6.00. The molecule has 0 amide bonds. The normalized spacial score (nSPS) is 38.7. The summed E-state index contributed by atoms with van der Waals surface area (Å²) in [7, 11) is 0. The van der Waals surface area contributed by atoms with Crippen LogP contribution in [-0.4, -0.2) is 39.9 Å². The van der Waals surface area contributed by atoms with Gasteiger partial charge in [-0.1, -0.05) is 0 Å². The van der Waals surface area contributed by atoms with Crippen LogP contribution in [0.25, 0.3) is 0 Å². The molecule has 5 rings (SSSR count). The molecule has 2 nitrogen and oxygen atoms in total. The van der Waals surface area contributed by atoms with Gasteiger partial charge in [0.05, 0.1) is 0 Å². The summed E-state index contributed by atoms with van der Waals surface area (Å²) in [5, 5.41) is 0. The summed E-state index contributed by atoms with van der Waals surface area (Å²) in [6.45, 7) is -2.40. The minimum absolute atomic E-state index is 0.169. The van der Waals surface area contributed by atoms with E-state index in [-0.39, 0.29) is 11.3 Å². The van der Waals surface area contributed by atoms with E-state index in [4.69, 9.17) is 0 Å². The Morgan fingerprint density at radius 3 is 1.11 bits per heavy atom. The van der Waals surface area contributed by atoms with Crippen molar-refractivity contribution in [1.29, 1.82) is 0 Å². The second kappa shape index (κ2) is 6.79. The molecule has 1 saturated heterocycles. The predicted molar refractivity (Wildman–Crippen MR) is 114 cm³/mol. The van der Waals surface area contributed by atoms with Crippen molar-refractivity contribution >= 4 is 18.2 Å². The van der Waals surface area contributed by atoms with Crippen LogP contribution in [0.15, 0.2) is 12.2 Å². The van der Waals surface area contributed by atoms with Crippen LogP contribution in [0.3, 0.4) is 0 Å². The molecule has 0 bridgehead atoms. The Labute approximate surface area is 164 Å². The molecule has 0 aromatic rings. The van der Waals surface area contributed by atoms with Crippen molar-refractivity contribution in [1.82, 2.24) is 0 Å². The van der Waals surface area contributed by atoms with Crippen LogP contribution in [0.1, 0.15) is 96.3 Å². The summed E-state index contributed by atoms with van der Waals surface area (Å²) >= 11 is 0. The first-order valence-electron chi connectivity index (χ1n) is 12.0. The van der Waals surface area contributed by atoms with E-state index in [1.54, 1.807) is 12.2 Å². The Bertz CT molecular complexity index is 571. The summed E-state index contributed by atoms with van der Waals surface area (Å²) in [5.41, 5.74) is 2.59. The summed E-state index contributed by atoms with van der Waals surface area (Å²) < 4.78 is 0. The molecular weight excluding hydrogens is 351 g/mol. The standard InChI is InChI=1S/C24H37O2P/c25-21-16-17-22(26)24-23(21)27(24,18-10-4-1-5-11-18,19-12-6-2-7-13-19)20-14-8-3-9-15-20/h16-20,23-24H,1-15H2. The van der Waals surface area contributed by atoms with Crippen molar-refractivity contribution in [2.45, 2.75) is 125 Å². The van der Waals surface area contributed by atoms with E-state index in [1.165, 1.54) is 96.3 Å². The molecule has 5 aliphatic rings. The molecule has 0 aromatic carbocycles. The quantitative estimate of drug-likeness (QED) is 0.556. The molecule has 2 atom stereocenters. The molecule has 0 spiro atoms. The number of ketones is 2. The van der Waals surface area contributed by atoms with Gasteiger partial charge in [-0.25, -0.2) is 0 Å². The number of hydrogen-bond donors (Lipinski definition) is 0. The van der Waals surface area contributed by atoms with Gasteiger partial charge < -0.3 is 0 Å².